The number of fused-ring (bicyclic) bond motifs is 1. The fraction of sp³-hybridized carbons (Fsp3) is 0.188. The van der Waals surface area contributed by atoms with Crippen molar-refractivity contribution >= 4 is 27.5 Å². The highest BCUT2D eigenvalue weighted by atomic mass is 79.9. The van der Waals surface area contributed by atoms with Crippen molar-refractivity contribution in [3.8, 4) is 0 Å². The minimum atomic E-state index is -0.0878. The summed E-state index contributed by atoms with van der Waals surface area (Å²) in [5, 5.41) is 2.95. The summed E-state index contributed by atoms with van der Waals surface area (Å²) >= 11 is 3.47. The van der Waals surface area contributed by atoms with E-state index in [0.717, 1.165) is 22.1 Å². The minimum Gasteiger partial charge on any atom is -0.325 e. The van der Waals surface area contributed by atoms with Crippen LogP contribution in [0.15, 0.2) is 46.9 Å². The third-order valence-electron chi connectivity index (χ3n) is 3.52. The van der Waals surface area contributed by atoms with Gasteiger partial charge in [0.15, 0.2) is 0 Å². The SMILES string of the molecule is Cc1ccc(CC2C(=O)Nc3ccc(Br)cc32)cc1. The molecule has 0 saturated carbocycles. The quantitative estimate of drug-likeness (QED) is 0.890. The van der Waals surface area contributed by atoms with Gasteiger partial charge in [-0.15, -0.1) is 0 Å². The van der Waals surface area contributed by atoms with Crippen molar-refractivity contribution in [1.82, 2.24) is 0 Å². The number of carbonyl (C=O) groups is 1. The van der Waals surface area contributed by atoms with Crippen LogP contribution in [0.2, 0.25) is 0 Å². The van der Waals surface area contributed by atoms with Gasteiger partial charge in [0.25, 0.3) is 0 Å². The van der Waals surface area contributed by atoms with Gasteiger partial charge in [-0.05, 0) is 42.7 Å². The third-order valence-corrected chi connectivity index (χ3v) is 4.02. The molecule has 96 valence electrons. The molecular weight excluding hydrogens is 302 g/mol. The fourth-order valence-corrected chi connectivity index (χ4v) is 2.84. The van der Waals surface area contributed by atoms with Crippen molar-refractivity contribution in [2.45, 2.75) is 19.3 Å². The van der Waals surface area contributed by atoms with E-state index in [2.05, 4.69) is 52.4 Å². The molecule has 2 aromatic rings. The molecule has 0 aromatic heterocycles. The lowest BCUT2D eigenvalue weighted by molar-refractivity contribution is -0.117. The molecule has 1 heterocycles. The summed E-state index contributed by atoms with van der Waals surface area (Å²) < 4.78 is 1.01. The standard InChI is InChI=1S/C16H14BrNO/c1-10-2-4-11(5-3-10)8-14-13-9-12(17)6-7-15(13)18-16(14)19/h2-7,9,14H,8H2,1H3,(H,18,19). The lowest BCUT2D eigenvalue weighted by atomic mass is 9.93. The monoisotopic (exact) mass is 315 g/mol. The first-order valence-corrected chi connectivity index (χ1v) is 7.08. The van der Waals surface area contributed by atoms with Gasteiger partial charge in [-0.2, -0.15) is 0 Å². The summed E-state index contributed by atoms with van der Waals surface area (Å²) in [6.07, 6.45) is 0.746. The predicted molar refractivity (Wildman–Crippen MR) is 80.4 cm³/mol. The van der Waals surface area contributed by atoms with Crippen molar-refractivity contribution < 1.29 is 4.79 Å². The Bertz CT molecular complexity index is 634. The number of carbonyl (C=O) groups excluding carboxylic acids is 1. The maximum atomic E-state index is 12.1. The molecule has 0 saturated heterocycles. The molecule has 1 aliphatic rings. The molecule has 19 heavy (non-hydrogen) atoms. The number of hydrogen-bond donors (Lipinski definition) is 1. The Hall–Kier alpha value is -1.61. The van der Waals surface area contributed by atoms with E-state index in [1.54, 1.807) is 0 Å². The van der Waals surface area contributed by atoms with E-state index < -0.39 is 0 Å². The van der Waals surface area contributed by atoms with Crippen molar-refractivity contribution in [2.75, 3.05) is 5.32 Å². The Morgan fingerprint density at radius 2 is 1.89 bits per heavy atom. The molecule has 0 spiro atoms. The minimum absolute atomic E-state index is 0.0878. The Morgan fingerprint density at radius 1 is 1.16 bits per heavy atom. The Kier molecular flexibility index (Phi) is 3.15. The van der Waals surface area contributed by atoms with Gasteiger partial charge in [-0.1, -0.05) is 45.8 Å². The second-order valence-electron chi connectivity index (χ2n) is 4.96. The summed E-state index contributed by atoms with van der Waals surface area (Å²) in [6, 6.07) is 14.3. The lowest BCUT2D eigenvalue weighted by Gasteiger charge is -2.09. The number of amides is 1. The third kappa shape index (κ3) is 2.43. The molecule has 1 aliphatic heterocycles. The zero-order valence-electron chi connectivity index (χ0n) is 10.6. The number of nitrogens with one attached hydrogen (secondary N) is 1. The maximum Gasteiger partial charge on any atom is 0.232 e. The highest BCUT2D eigenvalue weighted by Gasteiger charge is 2.30. The molecule has 1 atom stereocenters. The van der Waals surface area contributed by atoms with Crippen LogP contribution < -0.4 is 5.32 Å². The van der Waals surface area contributed by atoms with E-state index in [0.29, 0.717) is 0 Å². The number of hydrogen-bond acceptors (Lipinski definition) is 1. The molecule has 0 aliphatic carbocycles. The molecular formula is C16H14BrNO. The van der Waals surface area contributed by atoms with Gasteiger partial charge < -0.3 is 5.32 Å². The van der Waals surface area contributed by atoms with E-state index in [-0.39, 0.29) is 11.8 Å². The molecule has 3 heteroatoms. The molecule has 0 radical (unpaired) electrons. The van der Waals surface area contributed by atoms with Crippen molar-refractivity contribution in [3.63, 3.8) is 0 Å². The topological polar surface area (TPSA) is 29.1 Å². The molecule has 0 fully saturated rings. The van der Waals surface area contributed by atoms with Crippen molar-refractivity contribution in [2.24, 2.45) is 0 Å². The first kappa shape index (κ1) is 12.4. The van der Waals surface area contributed by atoms with Crippen LogP contribution in [0.4, 0.5) is 5.69 Å². The van der Waals surface area contributed by atoms with Crippen LogP contribution in [0, 0.1) is 6.92 Å². The lowest BCUT2D eigenvalue weighted by Crippen LogP contribution is -2.14. The molecule has 1 N–H and O–H groups in total. The number of aryl methyl sites for hydroxylation is 1. The average Bonchev–Trinajstić information content (AvgIpc) is 2.69. The van der Waals surface area contributed by atoms with Gasteiger partial charge in [0, 0.05) is 10.2 Å². The second-order valence-corrected chi connectivity index (χ2v) is 5.88. The number of rotatable bonds is 2. The average molecular weight is 316 g/mol. The summed E-state index contributed by atoms with van der Waals surface area (Å²) in [6.45, 7) is 2.07. The molecule has 2 aromatic carbocycles. The number of benzene rings is 2. The van der Waals surface area contributed by atoms with Gasteiger partial charge in [0.1, 0.15) is 0 Å². The van der Waals surface area contributed by atoms with Crippen LogP contribution in [0.3, 0.4) is 0 Å². The van der Waals surface area contributed by atoms with Crippen LogP contribution in [-0.2, 0) is 11.2 Å². The van der Waals surface area contributed by atoms with Gasteiger partial charge in [0.05, 0.1) is 5.92 Å². The summed E-state index contributed by atoms with van der Waals surface area (Å²) in [5.74, 6) is 0.00359. The molecule has 0 bridgehead atoms. The predicted octanol–water partition coefficient (Wildman–Crippen LogP) is 4.04. The maximum absolute atomic E-state index is 12.1. The number of halogens is 1. The highest BCUT2D eigenvalue weighted by molar-refractivity contribution is 9.10. The summed E-state index contributed by atoms with van der Waals surface area (Å²) in [4.78, 5) is 12.1. The van der Waals surface area contributed by atoms with Gasteiger partial charge in [-0.25, -0.2) is 0 Å². The van der Waals surface area contributed by atoms with E-state index >= 15 is 0 Å². The van der Waals surface area contributed by atoms with Crippen LogP contribution >= 0.6 is 15.9 Å². The fourth-order valence-electron chi connectivity index (χ4n) is 2.46. The van der Waals surface area contributed by atoms with Crippen LogP contribution in [0.5, 0.6) is 0 Å². The van der Waals surface area contributed by atoms with Crippen molar-refractivity contribution in [3.05, 3.63) is 63.6 Å². The number of anilines is 1. The Balaban J connectivity index is 1.91. The summed E-state index contributed by atoms with van der Waals surface area (Å²) in [7, 11) is 0. The van der Waals surface area contributed by atoms with Gasteiger partial charge in [-0.3, -0.25) is 4.79 Å². The molecule has 3 rings (SSSR count). The second kappa shape index (κ2) is 4.82. The summed E-state index contributed by atoms with van der Waals surface area (Å²) in [5.41, 5.74) is 4.45. The first-order chi connectivity index (χ1) is 9.13. The van der Waals surface area contributed by atoms with Crippen LogP contribution in [-0.4, -0.2) is 5.91 Å². The smallest absolute Gasteiger partial charge is 0.232 e. The van der Waals surface area contributed by atoms with Gasteiger partial charge >= 0.3 is 0 Å². The Labute approximate surface area is 121 Å². The largest absolute Gasteiger partial charge is 0.325 e. The van der Waals surface area contributed by atoms with E-state index in [1.165, 1.54) is 11.1 Å². The van der Waals surface area contributed by atoms with Crippen LogP contribution in [0.1, 0.15) is 22.6 Å². The zero-order chi connectivity index (χ0) is 13.4. The molecule has 1 amide bonds. The van der Waals surface area contributed by atoms with E-state index in [1.807, 2.05) is 18.2 Å². The Morgan fingerprint density at radius 3 is 2.63 bits per heavy atom. The van der Waals surface area contributed by atoms with E-state index in [4.69, 9.17) is 0 Å². The molecule has 1 unspecified atom stereocenters. The first-order valence-electron chi connectivity index (χ1n) is 6.29. The van der Waals surface area contributed by atoms with Crippen LogP contribution in [0.25, 0.3) is 0 Å². The normalized spacial score (nSPS) is 17.2. The zero-order valence-corrected chi connectivity index (χ0v) is 12.2. The van der Waals surface area contributed by atoms with Gasteiger partial charge in [0.2, 0.25) is 5.91 Å². The molecule has 2 nitrogen and oxygen atoms in total. The van der Waals surface area contributed by atoms with E-state index in [9.17, 15) is 4.79 Å². The highest BCUT2D eigenvalue weighted by Crippen LogP contribution is 2.36. The van der Waals surface area contributed by atoms with Crippen molar-refractivity contribution in [1.29, 1.82) is 0 Å².